The summed E-state index contributed by atoms with van der Waals surface area (Å²) in [6, 6.07) is 15.4. The first-order chi connectivity index (χ1) is 11.1. The fourth-order valence-corrected chi connectivity index (χ4v) is 2.90. The molecule has 0 saturated heterocycles. The van der Waals surface area contributed by atoms with E-state index in [1.54, 1.807) is 0 Å². The van der Waals surface area contributed by atoms with E-state index in [0.29, 0.717) is 0 Å². The van der Waals surface area contributed by atoms with E-state index in [9.17, 15) is 4.79 Å². The van der Waals surface area contributed by atoms with E-state index in [-0.39, 0.29) is 12.5 Å². The van der Waals surface area contributed by atoms with Crippen molar-refractivity contribution in [1.29, 1.82) is 0 Å². The number of ether oxygens (including phenoxy) is 1. The molecule has 0 bridgehead atoms. The SMILES string of the molecule is CC(NC(=O)OCC1c2ccccc2-c2ccccc21)C(O)O. The van der Waals surface area contributed by atoms with Gasteiger partial charge in [-0.25, -0.2) is 4.79 Å². The topological polar surface area (TPSA) is 78.8 Å². The number of carbonyl (C=O) groups excluding carboxylic acids is 1. The molecule has 0 heterocycles. The largest absolute Gasteiger partial charge is 0.449 e. The maximum absolute atomic E-state index is 11.8. The standard InChI is InChI=1S/C18H19NO4/c1-11(17(20)21)19-18(22)23-10-16-14-8-4-2-6-12(14)13-7-3-5-9-15(13)16/h2-9,11,16-17,20-21H,10H2,1H3,(H,19,22). The summed E-state index contributed by atoms with van der Waals surface area (Å²) in [5.41, 5.74) is 4.60. The Kier molecular flexibility index (Phi) is 4.32. The van der Waals surface area contributed by atoms with E-state index >= 15 is 0 Å². The average molecular weight is 313 g/mol. The Morgan fingerprint density at radius 2 is 1.61 bits per heavy atom. The molecule has 2 aromatic carbocycles. The van der Waals surface area contributed by atoms with Gasteiger partial charge in [0, 0.05) is 5.92 Å². The van der Waals surface area contributed by atoms with Crippen LogP contribution in [-0.4, -0.2) is 35.2 Å². The lowest BCUT2D eigenvalue weighted by atomic mass is 9.98. The fraction of sp³-hybridized carbons (Fsp3) is 0.278. The van der Waals surface area contributed by atoms with Gasteiger partial charge < -0.3 is 20.3 Å². The van der Waals surface area contributed by atoms with E-state index in [1.165, 1.54) is 6.92 Å². The van der Waals surface area contributed by atoms with Crippen LogP contribution in [0, 0.1) is 0 Å². The third kappa shape index (κ3) is 3.06. The van der Waals surface area contributed by atoms with Crippen LogP contribution in [0.5, 0.6) is 0 Å². The van der Waals surface area contributed by atoms with E-state index in [0.717, 1.165) is 22.3 Å². The van der Waals surface area contributed by atoms with E-state index in [2.05, 4.69) is 17.4 Å². The van der Waals surface area contributed by atoms with Gasteiger partial charge in [-0.15, -0.1) is 0 Å². The van der Waals surface area contributed by atoms with Crippen molar-refractivity contribution in [2.24, 2.45) is 0 Å². The van der Waals surface area contributed by atoms with E-state index in [1.807, 2.05) is 36.4 Å². The number of nitrogens with one attached hydrogen (secondary N) is 1. The fourth-order valence-electron chi connectivity index (χ4n) is 2.90. The van der Waals surface area contributed by atoms with Gasteiger partial charge in [0.2, 0.25) is 0 Å². The zero-order valence-corrected chi connectivity index (χ0v) is 12.8. The van der Waals surface area contributed by atoms with Crippen molar-refractivity contribution in [3.05, 3.63) is 59.7 Å². The minimum absolute atomic E-state index is 0.0116. The first-order valence-corrected chi connectivity index (χ1v) is 7.55. The number of aliphatic hydroxyl groups excluding tert-OH is 1. The number of hydrogen-bond donors (Lipinski definition) is 3. The molecular formula is C18H19NO4. The molecule has 23 heavy (non-hydrogen) atoms. The molecule has 0 saturated carbocycles. The quantitative estimate of drug-likeness (QED) is 0.756. The molecule has 120 valence electrons. The lowest BCUT2D eigenvalue weighted by Crippen LogP contribution is -2.41. The molecule has 1 aliphatic carbocycles. The van der Waals surface area contributed by atoms with Gasteiger partial charge in [0.15, 0.2) is 6.29 Å². The summed E-state index contributed by atoms with van der Waals surface area (Å²) in [6.07, 6.45) is -2.28. The summed E-state index contributed by atoms with van der Waals surface area (Å²) < 4.78 is 5.29. The zero-order valence-electron chi connectivity index (χ0n) is 12.8. The highest BCUT2D eigenvalue weighted by molar-refractivity contribution is 5.79. The molecule has 3 N–H and O–H groups in total. The molecule has 2 aromatic rings. The third-order valence-electron chi connectivity index (χ3n) is 4.14. The summed E-state index contributed by atoms with van der Waals surface area (Å²) in [5.74, 6) is -0.0116. The maximum Gasteiger partial charge on any atom is 0.407 e. The van der Waals surface area contributed by atoms with Crippen molar-refractivity contribution in [2.45, 2.75) is 25.2 Å². The number of alkyl carbamates (subject to hydrolysis) is 1. The second kappa shape index (κ2) is 6.40. The Balaban J connectivity index is 1.75. The van der Waals surface area contributed by atoms with Gasteiger partial charge >= 0.3 is 6.09 Å². The highest BCUT2D eigenvalue weighted by Gasteiger charge is 2.29. The molecule has 1 unspecified atom stereocenters. The predicted molar refractivity (Wildman–Crippen MR) is 85.9 cm³/mol. The van der Waals surface area contributed by atoms with Gasteiger partial charge in [-0.2, -0.15) is 0 Å². The van der Waals surface area contributed by atoms with Gasteiger partial charge in [0.1, 0.15) is 6.61 Å². The molecule has 5 heteroatoms. The summed E-state index contributed by atoms with van der Waals surface area (Å²) >= 11 is 0. The Morgan fingerprint density at radius 1 is 1.09 bits per heavy atom. The molecule has 0 radical (unpaired) electrons. The van der Waals surface area contributed by atoms with Gasteiger partial charge in [0.05, 0.1) is 6.04 Å². The summed E-state index contributed by atoms with van der Waals surface area (Å²) in [5, 5.41) is 20.4. The number of hydrogen-bond acceptors (Lipinski definition) is 4. The van der Waals surface area contributed by atoms with Gasteiger partial charge in [-0.1, -0.05) is 48.5 Å². The number of carbonyl (C=O) groups is 1. The molecular weight excluding hydrogens is 294 g/mol. The highest BCUT2D eigenvalue weighted by atomic mass is 16.5. The maximum atomic E-state index is 11.8. The molecule has 3 rings (SSSR count). The Hall–Kier alpha value is -2.37. The highest BCUT2D eigenvalue weighted by Crippen LogP contribution is 2.44. The van der Waals surface area contributed by atoms with Gasteiger partial charge in [-0.3, -0.25) is 0 Å². The van der Waals surface area contributed by atoms with Crippen LogP contribution in [0.15, 0.2) is 48.5 Å². The number of aliphatic hydroxyl groups is 2. The second-order valence-electron chi connectivity index (χ2n) is 5.67. The second-order valence-corrected chi connectivity index (χ2v) is 5.67. The van der Waals surface area contributed by atoms with Crippen molar-refractivity contribution in [2.75, 3.05) is 6.61 Å². The van der Waals surface area contributed by atoms with Gasteiger partial charge in [-0.05, 0) is 29.2 Å². The summed E-state index contributed by atoms with van der Waals surface area (Å²) in [6.45, 7) is 1.69. The number of benzene rings is 2. The van der Waals surface area contributed by atoms with Gasteiger partial charge in [0.25, 0.3) is 0 Å². The molecule has 1 amide bonds. The molecule has 0 fully saturated rings. The van der Waals surface area contributed by atoms with Crippen LogP contribution in [0.1, 0.15) is 24.0 Å². The van der Waals surface area contributed by atoms with E-state index < -0.39 is 18.4 Å². The van der Waals surface area contributed by atoms with E-state index in [4.69, 9.17) is 14.9 Å². The third-order valence-corrected chi connectivity index (χ3v) is 4.14. The lowest BCUT2D eigenvalue weighted by Gasteiger charge is -2.18. The van der Waals surface area contributed by atoms with Crippen LogP contribution < -0.4 is 5.32 Å². The molecule has 5 nitrogen and oxygen atoms in total. The van der Waals surface area contributed by atoms with Crippen LogP contribution in [0.3, 0.4) is 0 Å². The first kappa shape index (κ1) is 15.5. The van der Waals surface area contributed by atoms with Crippen molar-refractivity contribution in [3.63, 3.8) is 0 Å². The zero-order chi connectivity index (χ0) is 16.4. The Bertz CT molecular complexity index is 668. The van der Waals surface area contributed by atoms with Crippen LogP contribution in [0.25, 0.3) is 11.1 Å². The summed E-state index contributed by atoms with van der Waals surface area (Å²) in [4.78, 5) is 11.8. The van der Waals surface area contributed by atoms with Crippen molar-refractivity contribution in [3.8, 4) is 11.1 Å². The smallest absolute Gasteiger partial charge is 0.407 e. The van der Waals surface area contributed by atoms with Crippen molar-refractivity contribution in [1.82, 2.24) is 5.32 Å². The minimum Gasteiger partial charge on any atom is -0.449 e. The first-order valence-electron chi connectivity index (χ1n) is 7.55. The monoisotopic (exact) mass is 313 g/mol. The van der Waals surface area contributed by atoms with Crippen LogP contribution in [0.4, 0.5) is 4.79 Å². The Labute approximate surface area is 134 Å². The van der Waals surface area contributed by atoms with Crippen molar-refractivity contribution < 1.29 is 19.7 Å². The molecule has 0 aromatic heterocycles. The lowest BCUT2D eigenvalue weighted by molar-refractivity contribution is -0.0617. The molecule has 1 aliphatic rings. The normalized spacial score (nSPS) is 14.3. The predicted octanol–water partition coefficient (Wildman–Crippen LogP) is 2.22. The van der Waals surface area contributed by atoms with Crippen LogP contribution in [0.2, 0.25) is 0 Å². The number of fused-ring (bicyclic) bond motifs is 3. The average Bonchev–Trinajstić information content (AvgIpc) is 2.87. The van der Waals surface area contributed by atoms with Crippen molar-refractivity contribution >= 4 is 6.09 Å². The van der Waals surface area contributed by atoms with Crippen LogP contribution in [-0.2, 0) is 4.74 Å². The number of amides is 1. The van der Waals surface area contributed by atoms with Crippen LogP contribution >= 0.6 is 0 Å². The Morgan fingerprint density at radius 3 is 2.13 bits per heavy atom. The molecule has 1 atom stereocenters. The summed E-state index contributed by atoms with van der Waals surface area (Å²) in [7, 11) is 0. The minimum atomic E-state index is -1.62. The molecule has 0 aliphatic heterocycles. The number of rotatable bonds is 4. The molecule has 0 spiro atoms.